The Morgan fingerprint density at radius 3 is 2.29 bits per heavy atom. The molecule has 0 amide bonds. The third kappa shape index (κ3) is 4.40. The van der Waals surface area contributed by atoms with E-state index in [2.05, 4.69) is 4.98 Å². The van der Waals surface area contributed by atoms with Gasteiger partial charge >= 0.3 is 5.97 Å². The highest BCUT2D eigenvalue weighted by Crippen LogP contribution is 2.16. The van der Waals surface area contributed by atoms with Gasteiger partial charge in [-0.15, -0.1) is 0 Å². The molecule has 24 heavy (non-hydrogen) atoms. The highest BCUT2D eigenvalue weighted by Gasteiger charge is 2.00. The molecule has 0 aliphatic rings. The van der Waals surface area contributed by atoms with Crippen molar-refractivity contribution >= 4 is 12.0 Å². The molecule has 0 bridgehead atoms. The summed E-state index contributed by atoms with van der Waals surface area (Å²) in [5.41, 5.74) is 3.79. The summed E-state index contributed by atoms with van der Waals surface area (Å²) in [4.78, 5) is 16.2. The van der Waals surface area contributed by atoms with E-state index in [4.69, 9.17) is 4.74 Å². The number of ether oxygens (including phenoxy) is 1. The average molecular weight is 315 g/mol. The fourth-order valence-corrected chi connectivity index (χ4v) is 2.22. The normalized spacial score (nSPS) is 10.7. The van der Waals surface area contributed by atoms with Gasteiger partial charge in [-0.25, -0.2) is 4.79 Å². The van der Waals surface area contributed by atoms with Crippen molar-refractivity contribution in [2.45, 2.75) is 6.61 Å². The van der Waals surface area contributed by atoms with Crippen LogP contribution < -0.4 is 0 Å². The summed E-state index contributed by atoms with van der Waals surface area (Å²) in [6.45, 7) is 0.273. The zero-order chi connectivity index (χ0) is 16.6. The Morgan fingerprint density at radius 2 is 1.62 bits per heavy atom. The predicted molar refractivity (Wildman–Crippen MR) is 94.9 cm³/mol. The monoisotopic (exact) mass is 315 g/mol. The number of esters is 1. The molecule has 3 nitrogen and oxygen atoms in total. The van der Waals surface area contributed by atoms with Gasteiger partial charge in [-0.2, -0.15) is 0 Å². The van der Waals surface area contributed by atoms with E-state index < -0.39 is 0 Å². The van der Waals surface area contributed by atoms with Crippen LogP contribution in [0.5, 0.6) is 0 Å². The minimum absolute atomic E-state index is 0.273. The van der Waals surface area contributed by atoms with Crippen molar-refractivity contribution in [1.82, 2.24) is 4.98 Å². The number of carbonyl (C=O) groups is 1. The van der Waals surface area contributed by atoms with Gasteiger partial charge in [0.1, 0.15) is 6.61 Å². The lowest BCUT2D eigenvalue weighted by atomic mass is 10.1. The lowest BCUT2D eigenvalue weighted by Gasteiger charge is -2.02. The van der Waals surface area contributed by atoms with Crippen LogP contribution in [-0.2, 0) is 16.1 Å². The average Bonchev–Trinajstić information content (AvgIpc) is 2.67. The van der Waals surface area contributed by atoms with Crippen molar-refractivity contribution in [2.75, 3.05) is 0 Å². The molecule has 1 aromatic heterocycles. The summed E-state index contributed by atoms with van der Waals surface area (Å²) in [6.07, 6.45) is 4.86. The third-order valence-corrected chi connectivity index (χ3v) is 3.49. The van der Waals surface area contributed by atoms with Gasteiger partial charge in [0.15, 0.2) is 0 Å². The Morgan fingerprint density at radius 1 is 0.917 bits per heavy atom. The van der Waals surface area contributed by atoms with Crippen LogP contribution in [0, 0.1) is 0 Å². The minimum atomic E-state index is -0.369. The first-order valence-electron chi connectivity index (χ1n) is 7.71. The van der Waals surface area contributed by atoms with E-state index in [1.807, 2.05) is 72.8 Å². The lowest BCUT2D eigenvalue weighted by Crippen LogP contribution is -2.00. The van der Waals surface area contributed by atoms with Crippen LogP contribution >= 0.6 is 0 Å². The molecular formula is C21H17NO2. The number of rotatable bonds is 5. The molecule has 0 aliphatic carbocycles. The van der Waals surface area contributed by atoms with Gasteiger partial charge < -0.3 is 4.74 Å². The number of aromatic nitrogens is 1. The molecule has 0 fully saturated rings. The molecule has 0 aliphatic heterocycles. The Balaban J connectivity index is 1.57. The number of hydrogen-bond donors (Lipinski definition) is 0. The zero-order valence-corrected chi connectivity index (χ0v) is 13.1. The Labute approximate surface area is 141 Å². The van der Waals surface area contributed by atoms with Crippen molar-refractivity contribution in [3.63, 3.8) is 0 Å². The van der Waals surface area contributed by atoms with Crippen molar-refractivity contribution in [3.8, 4) is 11.3 Å². The van der Waals surface area contributed by atoms with Crippen molar-refractivity contribution in [2.24, 2.45) is 0 Å². The topological polar surface area (TPSA) is 39.2 Å². The number of pyridine rings is 1. The third-order valence-electron chi connectivity index (χ3n) is 3.49. The first-order chi connectivity index (χ1) is 11.8. The van der Waals surface area contributed by atoms with Crippen LogP contribution in [0.1, 0.15) is 11.1 Å². The molecule has 0 N–H and O–H groups in total. The standard InChI is InChI=1S/C21H17NO2/c23-21(24-16-18-7-3-1-4-8-18)14-12-17-11-13-20(22-15-17)19-9-5-2-6-10-19/h1-15H,16H2/b14-12+. The van der Waals surface area contributed by atoms with Gasteiger partial charge in [0, 0.05) is 17.8 Å². The van der Waals surface area contributed by atoms with E-state index >= 15 is 0 Å². The molecule has 3 aromatic rings. The summed E-state index contributed by atoms with van der Waals surface area (Å²) >= 11 is 0. The number of benzene rings is 2. The van der Waals surface area contributed by atoms with Crippen LogP contribution in [0.25, 0.3) is 17.3 Å². The number of carbonyl (C=O) groups excluding carboxylic acids is 1. The maximum absolute atomic E-state index is 11.7. The molecule has 3 heteroatoms. The second kappa shape index (κ2) is 7.88. The molecule has 0 saturated heterocycles. The van der Waals surface area contributed by atoms with Crippen LogP contribution in [0.3, 0.4) is 0 Å². The summed E-state index contributed by atoms with van der Waals surface area (Å²) in [6, 6.07) is 23.4. The largest absolute Gasteiger partial charge is 0.458 e. The van der Waals surface area contributed by atoms with Crippen molar-refractivity contribution in [3.05, 3.63) is 96.2 Å². The van der Waals surface area contributed by atoms with E-state index in [0.29, 0.717) is 0 Å². The minimum Gasteiger partial charge on any atom is -0.458 e. The van der Waals surface area contributed by atoms with E-state index in [1.54, 1.807) is 12.3 Å². The molecule has 3 rings (SSSR count). The van der Waals surface area contributed by atoms with E-state index in [1.165, 1.54) is 6.08 Å². The quantitative estimate of drug-likeness (QED) is 0.514. The molecule has 0 unspecified atom stereocenters. The summed E-state index contributed by atoms with van der Waals surface area (Å²) in [5.74, 6) is -0.369. The van der Waals surface area contributed by atoms with Crippen LogP contribution in [-0.4, -0.2) is 11.0 Å². The second-order valence-corrected chi connectivity index (χ2v) is 5.27. The lowest BCUT2D eigenvalue weighted by molar-refractivity contribution is -0.138. The predicted octanol–water partition coefficient (Wildman–Crippen LogP) is 4.51. The fourth-order valence-electron chi connectivity index (χ4n) is 2.22. The second-order valence-electron chi connectivity index (χ2n) is 5.27. The number of hydrogen-bond acceptors (Lipinski definition) is 3. The van der Waals surface area contributed by atoms with Gasteiger partial charge in [-0.05, 0) is 23.3 Å². The maximum Gasteiger partial charge on any atom is 0.331 e. The first kappa shape index (κ1) is 15.7. The Hall–Kier alpha value is -3.20. The van der Waals surface area contributed by atoms with E-state index in [-0.39, 0.29) is 12.6 Å². The van der Waals surface area contributed by atoms with Gasteiger partial charge in [-0.1, -0.05) is 66.7 Å². The van der Waals surface area contributed by atoms with Crippen molar-refractivity contribution < 1.29 is 9.53 Å². The summed E-state index contributed by atoms with van der Waals surface area (Å²) in [5, 5.41) is 0. The highest BCUT2D eigenvalue weighted by molar-refractivity contribution is 5.87. The summed E-state index contributed by atoms with van der Waals surface area (Å²) in [7, 11) is 0. The van der Waals surface area contributed by atoms with Gasteiger partial charge in [0.05, 0.1) is 5.69 Å². The van der Waals surface area contributed by atoms with Gasteiger partial charge in [0.25, 0.3) is 0 Å². The van der Waals surface area contributed by atoms with Crippen LogP contribution in [0.2, 0.25) is 0 Å². The van der Waals surface area contributed by atoms with Gasteiger partial charge in [-0.3, -0.25) is 4.98 Å². The Bertz CT molecular complexity index is 809. The molecule has 0 atom stereocenters. The maximum atomic E-state index is 11.7. The molecule has 118 valence electrons. The molecule has 0 saturated carbocycles. The summed E-state index contributed by atoms with van der Waals surface area (Å²) < 4.78 is 5.20. The number of nitrogens with zero attached hydrogens (tertiary/aromatic N) is 1. The van der Waals surface area contributed by atoms with Crippen molar-refractivity contribution in [1.29, 1.82) is 0 Å². The zero-order valence-electron chi connectivity index (χ0n) is 13.1. The van der Waals surface area contributed by atoms with E-state index in [9.17, 15) is 4.79 Å². The van der Waals surface area contributed by atoms with Gasteiger partial charge in [0.2, 0.25) is 0 Å². The van der Waals surface area contributed by atoms with Crippen LogP contribution in [0.15, 0.2) is 85.1 Å². The fraction of sp³-hybridized carbons (Fsp3) is 0.0476. The SMILES string of the molecule is O=C(/C=C/c1ccc(-c2ccccc2)nc1)OCc1ccccc1. The first-order valence-corrected chi connectivity index (χ1v) is 7.71. The molecule has 0 spiro atoms. The smallest absolute Gasteiger partial charge is 0.331 e. The highest BCUT2D eigenvalue weighted by atomic mass is 16.5. The van der Waals surface area contributed by atoms with Crippen LogP contribution in [0.4, 0.5) is 0 Å². The molecule has 0 radical (unpaired) electrons. The molecule has 1 heterocycles. The van der Waals surface area contributed by atoms with E-state index in [0.717, 1.165) is 22.4 Å². The molecule has 2 aromatic carbocycles. The molecular weight excluding hydrogens is 298 g/mol. The Kier molecular flexibility index (Phi) is 5.15.